The predicted molar refractivity (Wildman–Crippen MR) is 61.1 cm³/mol. The zero-order chi connectivity index (χ0) is 12.4. The van der Waals surface area contributed by atoms with E-state index >= 15 is 0 Å². The Morgan fingerprint density at radius 2 is 1.82 bits per heavy atom. The van der Waals surface area contributed by atoms with Crippen LogP contribution >= 0.6 is 0 Å². The molecule has 5 nitrogen and oxygen atoms in total. The highest BCUT2D eigenvalue weighted by atomic mass is 16.4. The summed E-state index contributed by atoms with van der Waals surface area (Å²) in [5, 5.41) is 18.7. The Bertz CT molecular complexity index is 630. The predicted octanol–water partition coefficient (Wildman–Crippen LogP) is 1.45. The molecule has 0 aliphatic carbocycles. The minimum absolute atomic E-state index is 0.0638. The van der Waals surface area contributed by atoms with E-state index in [-0.39, 0.29) is 22.6 Å². The van der Waals surface area contributed by atoms with Gasteiger partial charge in [0.15, 0.2) is 0 Å². The summed E-state index contributed by atoms with van der Waals surface area (Å²) in [4.78, 5) is 24.7. The number of pyridine rings is 1. The average Bonchev–Trinajstić information content (AvgIpc) is 2.29. The Hall–Kier alpha value is -2.56. The molecule has 0 fully saturated rings. The van der Waals surface area contributed by atoms with Gasteiger partial charge in [-0.25, -0.2) is 4.79 Å². The molecule has 1 aromatic heterocycles. The largest absolute Gasteiger partial charge is 0.507 e. The summed E-state index contributed by atoms with van der Waals surface area (Å²) < 4.78 is 0. The number of carbonyl (C=O) groups is 1. The van der Waals surface area contributed by atoms with Crippen LogP contribution in [0.15, 0.2) is 41.2 Å². The maximum Gasteiger partial charge on any atom is 0.337 e. The Kier molecular flexibility index (Phi) is 2.66. The fourth-order valence-corrected chi connectivity index (χ4v) is 1.55. The molecule has 0 bridgehead atoms. The van der Waals surface area contributed by atoms with Gasteiger partial charge in [-0.2, -0.15) is 0 Å². The summed E-state index contributed by atoms with van der Waals surface area (Å²) in [7, 11) is 0. The lowest BCUT2D eigenvalue weighted by Crippen LogP contribution is -2.10. The van der Waals surface area contributed by atoms with Crippen LogP contribution in [0.1, 0.15) is 10.4 Å². The van der Waals surface area contributed by atoms with Crippen molar-refractivity contribution >= 4 is 5.97 Å². The number of aromatic hydroxyl groups is 1. The molecule has 2 rings (SSSR count). The van der Waals surface area contributed by atoms with E-state index in [0.717, 1.165) is 6.07 Å². The number of nitrogens with one attached hydrogen (secondary N) is 1. The quantitative estimate of drug-likeness (QED) is 0.729. The van der Waals surface area contributed by atoms with Crippen molar-refractivity contribution in [1.29, 1.82) is 0 Å². The summed E-state index contributed by atoms with van der Waals surface area (Å²) in [5.41, 5.74) is -0.106. The van der Waals surface area contributed by atoms with Gasteiger partial charge in [0.25, 0.3) is 0 Å². The van der Waals surface area contributed by atoms with Gasteiger partial charge in [0.2, 0.25) is 5.56 Å². The number of aromatic nitrogens is 1. The molecule has 0 radical (unpaired) electrons. The number of benzene rings is 1. The maximum atomic E-state index is 11.2. The summed E-state index contributed by atoms with van der Waals surface area (Å²) in [6, 6.07) is 8.56. The van der Waals surface area contributed by atoms with Crippen molar-refractivity contribution in [3.8, 4) is 17.0 Å². The number of carboxylic acid groups (broad SMARTS) is 1. The zero-order valence-corrected chi connectivity index (χ0v) is 8.68. The van der Waals surface area contributed by atoms with E-state index in [9.17, 15) is 14.7 Å². The van der Waals surface area contributed by atoms with Crippen LogP contribution in [0, 0.1) is 0 Å². The monoisotopic (exact) mass is 231 g/mol. The van der Waals surface area contributed by atoms with Crippen LogP contribution in [0.2, 0.25) is 0 Å². The first-order valence-electron chi connectivity index (χ1n) is 4.84. The second kappa shape index (κ2) is 4.13. The molecule has 86 valence electrons. The molecule has 0 aliphatic heterocycles. The Labute approximate surface area is 96.0 Å². The van der Waals surface area contributed by atoms with Crippen molar-refractivity contribution in [2.75, 3.05) is 0 Å². The number of carboxylic acids is 1. The van der Waals surface area contributed by atoms with Crippen molar-refractivity contribution in [3.05, 3.63) is 52.3 Å². The minimum atomic E-state index is -1.17. The number of rotatable bonds is 2. The van der Waals surface area contributed by atoms with Crippen LogP contribution in [-0.4, -0.2) is 21.2 Å². The lowest BCUT2D eigenvalue weighted by atomic mass is 10.1. The second-order valence-corrected chi connectivity index (χ2v) is 3.43. The van der Waals surface area contributed by atoms with Gasteiger partial charge >= 0.3 is 5.97 Å². The number of aromatic amines is 1. The third kappa shape index (κ3) is 2.03. The summed E-state index contributed by atoms with van der Waals surface area (Å²) >= 11 is 0. The fraction of sp³-hybridized carbons (Fsp3) is 0. The Morgan fingerprint density at radius 3 is 2.47 bits per heavy atom. The second-order valence-electron chi connectivity index (χ2n) is 3.43. The van der Waals surface area contributed by atoms with E-state index in [1.165, 1.54) is 18.2 Å². The van der Waals surface area contributed by atoms with Gasteiger partial charge in [0, 0.05) is 11.6 Å². The number of H-pyrrole nitrogens is 1. The Morgan fingerprint density at radius 1 is 1.12 bits per heavy atom. The molecule has 0 saturated carbocycles. The molecule has 1 aromatic carbocycles. The molecule has 2 aromatic rings. The van der Waals surface area contributed by atoms with Crippen molar-refractivity contribution in [2.45, 2.75) is 0 Å². The molecule has 0 saturated heterocycles. The van der Waals surface area contributed by atoms with Crippen LogP contribution < -0.4 is 5.56 Å². The highest BCUT2D eigenvalue weighted by Gasteiger charge is 2.14. The molecular weight excluding hydrogens is 222 g/mol. The fourth-order valence-electron chi connectivity index (χ4n) is 1.55. The van der Waals surface area contributed by atoms with E-state index in [4.69, 9.17) is 5.11 Å². The number of hydrogen-bond acceptors (Lipinski definition) is 3. The SMILES string of the molecule is O=C(O)c1ccc(=O)[nH]c1-c1ccccc1O. The molecule has 17 heavy (non-hydrogen) atoms. The number of aromatic carboxylic acids is 1. The van der Waals surface area contributed by atoms with Gasteiger partial charge < -0.3 is 15.2 Å². The van der Waals surface area contributed by atoms with E-state index in [1.54, 1.807) is 12.1 Å². The van der Waals surface area contributed by atoms with Gasteiger partial charge in [-0.05, 0) is 18.2 Å². The minimum Gasteiger partial charge on any atom is -0.507 e. The van der Waals surface area contributed by atoms with Crippen molar-refractivity contribution < 1.29 is 15.0 Å². The third-order valence-corrected chi connectivity index (χ3v) is 2.32. The van der Waals surface area contributed by atoms with E-state index in [0.29, 0.717) is 0 Å². The maximum absolute atomic E-state index is 11.2. The van der Waals surface area contributed by atoms with Gasteiger partial charge in [-0.3, -0.25) is 4.79 Å². The van der Waals surface area contributed by atoms with Crippen molar-refractivity contribution in [3.63, 3.8) is 0 Å². The number of phenolic OH excluding ortho intramolecular Hbond substituents is 1. The molecule has 0 atom stereocenters. The molecule has 0 amide bonds. The molecule has 3 N–H and O–H groups in total. The topological polar surface area (TPSA) is 90.4 Å². The highest BCUT2D eigenvalue weighted by molar-refractivity contribution is 5.95. The molecule has 0 aliphatic rings. The van der Waals surface area contributed by atoms with Crippen LogP contribution in [0.5, 0.6) is 5.75 Å². The van der Waals surface area contributed by atoms with Crippen LogP contribution in [0.4, 0.5) is 0 Å². The van der Waals surface area contributed by atoms with E-state index in [1.807, 2.05) is 0 Å². The molecule has 0 spiro atoms. The molecule has 1 heterocycles. The smallest absolute Gasteiger partial charge is 0.337 e. The third-order valence-electron chi connectivity index (χ3n) is 2.32. The van der Waals surface area contributed by atoms with E-state index < -0.39 is 11.5 Å². The number of hydrogen-bond donors (Lipinski definition) is 3. The zero-order valence-electron chi connectivity index (χ0n) is 8.68. The van der Waals surface area contributed by atoms with Crippen molar-refractivity contribution in [2.24, 2.45) is 0 Å². The Balaban J connectivity index is 2.74. The first kappa shape index (κ1) is 10.9. The van der Waals surface area contributed by atoms with Crippen molar-refractivity contribution in [1.82, 2.24) is 4.98 Å². The van der Waals surface area contributed by atoms with Crippen LogP contribution in [0.25, 0.3) is 11.3 Å². The van der Waals surface area contributed by atoms with E-state index in [2.05, 4.69) is 4.98 Å². The molecule has 0 unspecified atom stereocenters. The van der Waals surface area contributed by atoms with Gasteiger partial charge in [-0.1, -0.05) is 12.1 Å². The molecule has 5 heteroatoms. The standard InChI is InChI=1S/C12H9NO4/c14-9-4-2-1-3-7(9)11-8(12(16)17)5-6-10(15)13-11/h1-6,14H,(H,13,15)(H,16,17). The lowest BCUT2D eigenvalue weighted by molar-refractivity contribution is 0.0697. The van der Waals surface area contributed by atoms with Gasteiger partial charge in [-0.15, -0.1) is 0 Å². The lowest BCUT2D eigenvalue weighted by Gasteiger charge is -2.07. The van der Waals surface area contributed by atoms with Gasteiger partial charge in [0.05, 0.1) is 11.3 Å². The van der Waals surface area contributed by atoms with Crippen LogP contribution in [0.3, 0.4) is 0 Å². The first-order valence-corrected chi connectivity index (χ1v) is 4.84. The average molecular weight is 231 g/mol. The number of phenols is 1. The summed E-state index contributed by atoms with van der Waals surface area (Å²) in [5.74, 6) is -1.25. The molecular formula is C12H9NO4. The number of para-hydroxylation sites is 1. The summed E-state index contributed by atoms with van der Waals surface area (Å²) in [6.07, 6.45) is 0. The first-order chi connectivity index (χ1) is 8.09. The van der Waals surface area contributed by atoms with Crippen LogP contribution in [-0.2, 0) is 0 Å². The highest BCUT2D eigenvalue weighted by Crippen LogP contribution is 2.28. The summed E-state index contributed by atoms with van der Waals surface area (Å²) in [6.45, 7) is 0. The normalized spacial score (nSPS) is 10.1. The van der Waals surface area contributed by atoms with Gasteiger partial charge in [0.1, 0.15) is 5.75 Å².